The Hall–Kier alpha value is -7.17. The highest BCUT2D eigenvalue weighted by atomic mass is 16.3. The molecule has 0 saturated carbocycles. The van der Waals surface area contributed by atoms with E-state index in [9.17, 15) is 98.1 Å². The van der Waals surface area contributed by atoms with E-state index < -0.39 is 248 Å². The van der Waals surface area contributed by atoms with Crippen LogP contribution in [-0.4, -0.2) is 252 Å². The van der Waals surface area contributed by atoms with Gasteiger partial charge in [-0.3, -0.25) is 62.3 Å². The number of carbonyl (C=O) groups is 13. The Labute approximate surface area is 574 Å². The molecule has 0 spiro atoms. The number of aliphatic hydroxyl groups excluding tert-OH is 7. The summed E-state index contributed by atoms with van der Waals surface area (Å²) in [6.07, 6.45) is -8.27. The lowest BCUT2D eigenvalue weighted by molar-refractivity contribution is -0.147. The van der Waals surface area contributed by atoms with Crippen LogP contribution in [0.5, 0.6) is 0 Å². The van der Waals surface area contributed by atoms with Crippen LogP contribution in [0.4, 0.5) is 0 Å². The summed E-state index contributed by atoms with van der Waals surface area (Å²) in [7, 11) is 1.13. The van der Waals surface area contributed by atoms with Crippen LogP contribution in [-0.2, 0) is 62.3 Å². The Morgan fingerprint density at radius 1 is 0.541 bits per heavy atom. The van der Waals surface area contributed by atoms with Crippen molar-refractivity contribution in [3.8, 4) is 0 Å². The summed E-state index contributed by atoms with van der Waals surface area (Å²) in [5.41, 5.74) is 5.50. The predicted molar refractivity (Wildman–Crippen MR) is 356 cm³/mol. The normalized spacial score (nSPS) is 28.7. The van der Waals surface area contributed by atoms with Crippen LogP contribution in [0.25, 0.3) is 0 Å². The number of amides is 13. The molecule has 19 N–H and O–H groups in total. The fourth-order valence-corrected chi connectivity index (χ4v) is 11.4. The molecule has 2 aliphatic rings. The van der Waals surface area contributed by atoms with Gasteiger partial charge >= 0.3 is 0 Å². The molecule has 0 bridgehead atoms. The minimum Gasteiger partial charge on any atom is -0.394 e. The predicted octanol–water partition coefficient (Wildman–Crippen LogP) is -4.43. The van der Waals surface area contributed by atoms with E-state index >= 15 is 0 Å². The lowest BCUT2D eigenvalue weighted by atomic mass is 9.94. The smallest absolute Gasteiger partial charge is 0.248 e. The first kappa shape index (κ1) is 86.9. The Kier molecular flexibility index (Phi) is 36.7. The van der Waals surface area contributed by atoms with Crippen molar-refractivity contribution in [2.75, 3.05) is 20.2 Å². The summed E-state index contributed by atoms with van der Waals surface area (Å²) < 4.78 is 0. The fourth-order valence-electron chi connectivity index (χ4n) is 11.4. The third-order valence-electron chi connectivity index (χ3n) is 17.6. The maximum atomic E-state index is 14.7. The number of rotatable bonds is 22. The van der Waals surface area contributed by atoms with Crippen molar-refractivity contribution >= 4 is 76.8 Å². The third kappa shape index (κ3) is 26.5. The molecule has 0 aromatic rings. The van der Waals surface area contributed by atoms with E-state index in [1.165, 1.54) is 48.5 Å². The molecule has 2 heterocycles. The van der Waals surface area contributed by atoms with Crippen molar-refractivity contribution in [2.24, 2.45) is 35.3 Å². The van der Waals surface area contributed by atoms with E-state index in [1.54, 1.807) is 34.6 Å². The zero-order valence-electron chi connectivity index (χ0n) is 59.6. The minimum atomic E-state index is -2.17. The van der Waals surface area contributed by atoms with Gasteiger partial charge < -0.3 is 104 Å². The molecule has 0 aliphatic carbocycles. The fraction of sp³-hybridized carbons (Fsp3) is 0.800. The Bertz CT molecular complexity index is 2700. The monoisotopic (exact) mass is 1400 g/mol. The molecule has 2 aliphatic heterocycles. The molecule has 33 nitrogen and oxygen atoms in total. The van der Waals surface area contributed by atoms with E-state index in [0.29, 0.717) is 12.8 Å². The van der Waals surface area contributed by atoms with Gasteiger partial charge in [0, 0.05) is 38.9 Å². The van der Waals surface area contributed by atoms with E-state index in [-0.39, 0.29) is 25.2 Å². The molecule has 2 rings (SSSR count). The molecular formula is C65H115N13O20. The molecule has 0 aromatic heterocycles. The molecule has 0 unspecified atom stereocenters. The quantitative estimate of drug-likeness (QED) is 0.0455. The van der Waals surface area contributed by atoms with Crippen molar-refractivity contribution in [3.63, 3.8) is 0 Å². The van der Waals surface area contributed by atoms with Gasteiger partial charge in [-0.2, -0.15) is 0 Å². The van der Waals surface area contributed by atoms with Crippen molar-refractivity contribution in [1.29, 1.82) is 0 Å². The molecule has 19 atom stereocenters. The molecular weight excluding hydrogens is 1280 g/mol. The second-order valence-electron chi connectivity index (χ2n) is 27.7. The maximum Gasteiger partial charge on any atom is 0.248 e. The zero-order chi connectivity index (χ0) is 74.9. The van der Waals surface area contributed by atoms with Gasteiger partial charge in [0.25, 0.3) is 0 Å². The second kappa shape index (κ2) is 41.4. The van der Waals surface area contributed by atoms with E-state index in [2.05, 4.69) is 53.2 Å². The summed E-state index contributed by atoms with van der Waals surface area (Å²) in [4.78, 5) is 187. The summed E-state index contributed by atoms with van der Waals surface area (Å²) >= 11 is 0. The lowest BCUT2D eigenvalue weighted by Gasteiger charge is -2.36. The van der Waals surface area contributed by atoms with Crippen LogP contribution in [0, 0.1) is 29.6 Å². The Morgan fingerprint density at radius 3 is 1.54 bits per heavy atom. The standard InChI is InChI=1S/C65H115N13O20/c1-16-18-19-20-21-22-38-26-45(85)71-46(31(5)6)58(91)76-50(53(86)32(7)8)61(94)67-35(12)55(88)75-51(54(87)33(9)10)62(95)69-40(23-24-44(66)84)64(97)77(15)52(34(11)17-2)63(96)74-49(43(83)29-79)60(93)73-48(37(14)81)65(98)78-28-39(82)27-42(78)57(90)70-41(25-30(3)4)56(89)72-47(36(13)80)59(92)68-38/h30-43,46-54,79-83,86-87H,16-29H2,1-15H3,(H2,66,84)(H,67,94)(H,68,92)(H,69,95)(H,70,90)(H,71,85)(H,72,89)(H,73,93)(H,74,96)(H,75,88)(H,76,91)/t34-,35-,36+,37+,38+,39+,40+,41+,42-,43-,46-,47-,48-,49+,50+,51+,52-,53-,54+/m0/s1. The highest BCUT2D eigenvalue weighted by molar-refractivity contribution is 6.00. The van der Waals surface area contributed by atoms with Crippen molar-refractivity contribution in [2.45, 2.75) is 283 Å². The van der Waals surface area contributed by atoms with Gasteiger partial charge in [0.15, 0.2) is 0 Å². The van der Waals surface area contributed by atoms with E-state index in [1.807, 2.05) is 6.92 Å². The number of fused-ring (bicyclic) bond motifs is 1. The topological polar surface area (TPSA) is 516 Å². The number of likely N-dealkylation sites (N-methyl/N-ethyl adjacent to an activating group) is 1. The van der Waals surface area contributed by atoms with E-state index in [4.69, 9.17) is 5.73 Å². The molecule has 2 saturated heterocycles. The number of aliphatic hydroxyl groups is 7. The third-order valence-corrected chi connectivity index (χ3v) is 17.6. The average Bonchev–Trinajstić information content (AvgIpc) is 1.56. The van der Waals surface area contributed by atoms with Crippen molar-refractivity contribution < 1.29 is 98.1 Å². The minimum absolute atomic E-state index is 0.0942. The summed E-state index contributed by atoms with van der Waals surface area (Å²) in [5.74, 6) is -17.2. The van der Waals surface area contributed by atoms with Gasteiger partial charge in [-0.05, 0) is 69.6 Å². The van der Waals surface area contributed by atoms with Gasteiger partial charge in [-0.25, -0.2) is 0 Å². The SMILES string of the molecule is CCCCCCC[C@@H]1CC(=O)N[C@@H](C(C)C)C(=O)N[C@H]([C@@H](O)C(C)C)C(=O)N[C@@H](C)C(=O)N[C@H]([C@H](O)C(C)C)C(=O)N[C@H](CCC(N)=O)C(=O)N(C)[C@@H]([C@@H](C)CC)C(=O)N[C@H]([C@@H](O)CO)C(=O)N[C@@H]([C@@H](C)O)C(=O)N2C[C@H](O)C[C@H]2C(=O)N[C@H](CC(C)C)C(=O)N[C@@H]([C@@H](C)O)C(=O)N1. The summed E-state index contributed by atoms with van der Waals surface area (Å²) in [6, 6.07) is -20.1. The van der Waals surface area contributed by atoms with Gasteiger partial charge in [0.1, 0.15) is 72.6 Å². The van der Waals surface area contributed by atoms with Crippen LogP contribution < -0.4 is 58.9 Å². The molecule has 13 amide bonds. The molecule has 98 heavy (non-hydrogen) atoms. The van der Waals surface area contributed by atoms with Crippen LogP contribution in [0.1, 0.15) is 174 Å². The number of nitrogens with two attached hydrogens (primary N) is 1. The maximum absolute atomic E-state index is 14.7. The lowest BCUT2D eigenvalue weighted by Crippen LogP contribution is -2.65. The highest BCUT2D eigenvalue weighted by Crippen LogP contribution is 2.23. The number of unbranched alkanes of at least 4 members (excludes halogenated alkanes) is 4. The first-order valence-electron chi connectivity index (χ1n) is 34.2. The number of nitrogens with zero attached hydrogens (tertiary/aromatic N) is 2. The van der Waals surface area contributed by atoms with Crippen molar-refractivity contribution in [3.05, 3.63) is 0 Å². The number of primary amides is 1. The van der Waals surface area contributed by atoms with Gasteiger partial charge in [-0.15, -0.1) is 0 Å². The second-order valence-corrected chi connectivity index (χ2v) is 27.7. The first-order valence-corrected chi connectivity index (χ1v) is 34.2. The van der Waals surface area contributed by atoms with Gasteiger partial charge in [-0.1, -0.05) is 115 Å². The summed E-state index contributed by atoms with van der Waals surface area (Å²) in [6.45, 7) is 19.5. The molecule has 2 fully saturated rings. The molecule has 33 heteroatoms. The Balaban J connectivity index is 2.98. The molecule has 0 radical (unpaired) electrons. The van der Waals surface area contributed by atoms with Crippen LogP contribution in [0.15, 0.2) is 0 Å². The largest absolute Gasteiger partial charge is 0.394 e. The Morgan fingerprint density at radius 2 is 1.03 bits per heavy atom. The number of hydrogen-bond acceptors (Lipinski definition) is 20. The number of hydrogen-bond donors (Lipinski definition) is 18. The summed E-state index contributed by atoms with van der Waals surface area (Å²) in [5, 5.41) is 102. The number of carbonyl (C=O) groups excluding carboxylic acids is 13. The highest BCUT2D eigenvalue weighted by Gasteiger charge is 2.47. The van der Waals surface area contributed by atoms with Crippen molar-refractivity contribution in [1.82, 2.24) is 63.0 Å². The first-order chi connectivity index (χ1) is 45.6. The zero-order valence-corrected chi connectivity index (χ0v) is 59.6. The molecule has 560 valence electrons. The van der Waals surface area contributed by atoms with E-state index in [0.717, 1.165) is 43.0 Å². The molecule has 0 aromatic carbocycles. The van der Waals surface area contributed by atoms with Crippen LogP contribution in [0.2, 0.25) is 0 Å². The van der Waals surface area contributed by atoms with Gasteiger partial charge in [0.05, 0.1) is 37.1 Å². The van der Waals surface area contributed by atoms with Gasteiger partial charge in [0.2, 0.25) is 76.8 Å². The average molecular weight is 1400 g/mol. The number of nitrogens with one attached hydrogen (secondary N) is 10. The van der Waals surface area contributed by atoms with Crippen LogP contribution >= 0.6 is 0 Å². The van der Waals surface area contributed by atoms with Crippen LogP contribution in [0.3, 0.4) is 0 Å².